The summed E-state index contributed by atoms with van der Waals surface area (Å²) in [6.45, 7) is 1.68. The Morgan fingerprint density at radius 1 is 0.758 bits per heavy atom. The molecule has 0 saturated heterocycles. The lowest BCUT2D eigenvalue weighted by molar-refractivity contribution is -0.139. The highest BCUT2D eigenvalue weighted by Gasteiger charge is 2.41. The zero-order valence-corrected chi connectivity index (χ0v) is 20.7. The van der Waals surface area contributed by atoms with Gasteiger partial charge in [0.05, 0.1) is 16.7 Å². The molecule has 2 amide bonds. The lowest BCUT2D eigenvalue weighted by Gasteiger charge is -2.10. The quantitative estimate of drug-likeness (QED) is 0.349. The molecule has 33 heavy (non-hydrogen) atoms. The fourth-order valence-electron chi connectivity index (χ4n) is 4.51. The molecule has 9 heteroatoms. The van der Waals surface area contributed by atoms with E-state index in [0.29, 0.717) is 17.7 Å². The van der Waals surface area contributed by atoms with Crippen LogP contribution < -0.4 is 0 Å². The lowest BCUT2D eigenvalue weighted by Crippen LogP contribution is -2.32. The molecule has 2 aromatic heterocycles. The summed E-state index contributed by atoms with van der Waals surface area (Å²) < 4.78 is 5.37. The van der Waals surface area contributed by atoms with Crippen molar-refractivity contribution in [1.82, 2.24) is 14.0 Å². The molecule has 2 aromatic carbocycles. The molecule has 0 aliphatic carbocycles. The summed E-state index contributed by atoms with van der Waals surface area (Å²) in [7, 11) is 0. The minimum Gasteiger partial charge on any atom is -0.376 e. The van der Waals surface area contributed by atoms with Gasteiger partial charge in [0.25, 0.3) is 11.8 Å². The van der Waals surface area contributed by atoms with Crippen LogP contribution in [0.15, 0.2) is 57.7 Å². The van der Waals surface area contributed by atoms with Crippen molar-refractivity contribution < 1.29 is 19.8 Å². The van der Waals surface area contributed by atoms with Crippen LogP contribution in [-0.4, -0.2) is 42.8 Å². The first kappa shape index (κ1) is 22.1. The zero-order chi connectivity index (χ0) is 23.4. The summed E-state index contributed by atoms with van der Waals surface area (Å²) in [4.78, 5) is 27.7. The van der Waals surface area contributed by atoms with Gasteiger partial charge in [-0.25, -0.2) is 0 Å². The molecule has 7 nitrogen and oxygen atoms in total. The summed E-state index contributed by atoms with van der Waals surface area (Å²) in [5.74, 6) is -1.11. The molecule has 0 fully saturated rings. The summed E-state index contributed by atoms with van der Waals surface area (Å²) in [5.41, 5.74) is 3.27. The van der Waals surface area contributed by atoms with Crippen LogP contribution in [0.1, 0.15) is 18.1 Å². The molecule has 1 aliphatic heterocycles. The molecule has 5 rings (SSSR count). The van der Waals surface area contributed by atoms with Gasteiger partial charge < -0.3 is 19.3 Å². The Morgan fingerprint density at radius 2 is 1.24 bits per heavy atom. The number of fused-ring (bicyclic) bond motifs is 2. The van der Waals surface area contributed by atoms with E-state index in [4.69, 9.17) is 0 Å². The first-order valence-electron chi connectivity index (χ1n) is 10.3. The number of hydrogen-bond acceptors (Lipinski definition) is 4. The van der Waals surface area contributed by atoms with Gasteiger partial charge in [-0.1, -0.05) is 44.0 Å². The van der Waals surface area contributed by atoms with Crippen LogP contribution >= 0.6 is 31.9 Å². The van der Waals surface area contributed by atoms with Crippen molar-refractivity contribution in [1.29, 1.82) is 0 Å². The predicted molar refractivity (Wildman–Crippen MR) is 133 cm³/mol. The number of amides is 2. The Balaban J connectivity index is 1.88. The minimum atomic E-state index is -0.715. The third-order valence-electron chi connectivity index (χ3n) is 6.03. The lowest BCUT2D eigenvalue weighted by atomic mass is 9.95. The largest absolute Gasteiger partial charge is 0.376 e. The molecular weight excluding hydrogens is 554 g/mol. The number of aliphatic hydroxyl groups excluding tert-OH is 2. The van der Waals surface area contributed by atoms with Gasteiger partial charge in [-0.3, -0.25) is 14.5 Å². The number of halogens is 2. The molecule has 3 heterocycles. The van der Waals surface area contributed by atoms with E-state index in [2.05, 4.69) is 31.9 Å². The van der Waals surface area contributed by atoms with E-state index in [-0.39, 0.29) is 17.9 Å². The van der Waals surface area contributed by atoms with E-state index in [0.717, 1.165) is 35.7 Å². The van der Waals surface area contributed by atoms with E-state index >= 15 is 0 Å². The topological polar surface area (TPSA) is 87.7 Å². The first-order valence-corrected chi connectivity index (χ1v) is 11.9. The molecule has 0 unspecified atom stereocenters. The van der Waals surface area contributed by atoms with Crippen molar-refractivity contribution in [2.75, 3.05) is 6.73 Å². The SMILES string of the molecule is CCn1cc(C2=C(c3cn(CO)c4cc(Br)ccc34)C(=O)N(CO)C2=O)c2ccc(Br)cc21. The second-order valence-corrected chi connectivity index (χ2v) is 9.57. The minimum absolute atomic E-state index is 0.214. The zero-order valence-electron chi connectivity index (χ0n) is 17.5. The predicted octanol–water partition coefficient (Wildman–Crippen LogP) is 4.32. The summed E-state index contributed by atoms with van der Waals surface area (Å²) in [6.07, 6.45) is 3.55. The van der Waals surface area contributed by atoms with Gasteiger partial charge in [0, 0.05) is 55.3 Å². The van der Waals surface area contributed by atoms with E-state index in [1.165, 1.54) is 0 Å². The third kappa shape index (κ3) is 3.30. The van der Waals surface area contributed by atoms with Crippen molar-refractivity contribution in [2.45, 2.75) is 20.2 Å². The van der Waals surface area contributed by atoms with E-state index in [1.54, 1.807) is 10.8 Å². The number of imide groups is 1. The summed E-state index contributed by atoms with van der Waals surface area (Å²) in [6, 6.07) is 11.3. The Kier molecular flexibility index (Phi) is 5.52. The van der Waals surface area contributed by atoms with Gasteiger partial charge in [0.1, 0.15) is 13.5 Å². The normalized spacial score (nSPS) is 14.5. The standard InChI is InChI=1S/C24H19Br2N3O4/c1-2-27-9-17(15-5-3-13(25)7-19(15)27)21-22(24(33)29(12-31)23(21)32)18-10-28(11-30)20-8-14(26)4-6-16(18)20/h3-10,30-31H,2,11-12H2,1H3. The molecular formula is C24H19Br2N3O4. The number of aryl methyl sites for hydroxylation is 1. The Morgan fingerprint density at radius 3 is 1.70 bits per heavy atom. The van der Waals surface area contributed by atoms with Crippen LogP contribution in [0.3, 0.4) is 0 Å². The highest BCUT2D eigenvalue weighted by molar-refractivity contribution is 9.10. The van der Waals surface area contributed by atoms with Gasteiger partial charge in [0.15, 0.2) is 0 Å². The smallest absolute Gasteiger partial charge is 0.264 e. The number of benzene rings is 2. The molecule has 0 atom stereocenters. The molecule has 168 valence electrons. The van der Waals surface area contributed by atoms with Gasteiger partial charge in [-0.2, -0.15) is 0 Å². The maximum atomic E-state index is 13.4. The number of hydrogen-bond donors (Lipinski definition) is 2. The second kappa shape index (κ2) is 8.25. The molecule has 0 spiro atoms. The second-order valence-electron chi connectivity index (χ2n) is 7.74. The van der Waals surface area contributed by atoms with E-state index in [1.807, 2.05) is 54.1 Å². The van der Waals surface area contributed by atoms with Crippen LogP contribution in [0.2, 0.25) is 0 Å². The van der Waals surface area contributed by atoms with Crippen LogP contribution in [0.25, 0.3) is 33.0 Å². The molecule has 1 aliphatic rings. The van der Waals surface area contributed by atoms with Gasteiger partial charge in [-0.15, -0.1) is 0 Å². The third-order valence-corrected chi connectivity index (χ3v) is 7.02. The Hall–Kier alpha value is -2.72. The molecule has 0 saturated carbocycles. The highest BCUT2D eigenvalue weighted by Crippen LogP contribution is 2.42. The average Bonchev–Trinajstić information content (AvgIpc) is 3.41. The van der Waals surface area contributed by atoms with Crippen molar-refractivity contribution in [3.63, 3.8) is 0 Å². The van der Waals surface area contributed by atoms with Gasteiger partial charge in [0.2, 0.25) is 0 Å². The van der Waals surface area contributed by atoms with Gasteiger partial charge >= 0.3 is 0 Å². The van der Waals surface area contributed by atoms with Crippen LogP contribution in [-0.2, 0) is 22.9 Å². The number of nitrogens with zero attached hydrogens (tertiary/aromatic N) is 3. The number of aliphatic hydroxyl groups is 2. The molecule has 0 bridgehead atoms. The molecule has 4 aromatic rings. The molecule has 2 N–H and O–H groups in total. The van der Waals surface area contributed by atoms with E-state index < -0.39 is 18.5 Å². The number of carbonyl (C=O) groups is 2. The average molecular weight is 573 g/mol. The van der Waals surface area contributed by atoms with Crippen molar-refractivity contribution in [2.24, 2.45) is 0 Å². The number of aromatic nitrogens is 2. The van der Waals surface area contributed by atoms with Crippen LogP contribution in [0.4, 0.5) is 0 Å². The highest BCUT2D eigenvalue weighted by atomic mass is 79.9. The monoisotopic (exact) mass is 571 g/mol. The summed E-state index contributed by atoms with van der Waals surface area (Å²) >= 11 is 6.95. The fourth-order valence-corrected chi connectivity index (χ4v) is 5.21. The van der Waals surface area contributed by atoms with Crippen molar-refractivity contribution in [3.05, 3.63) is 68.9 Å². The van der Waals surface area contributed by atoms with E-state index in [9.17, 15) is 19.8 Å². The Bertz CT molecular complexity index is 1390. The van der Waals surface area contributed by atoms with Crippen LogP contribution in [0.5, 0.6) is 0 Å². The van der Waals surface area contributed by atoms with Gasteiger partial charge in [-0.05, 0) is 31.2 Å². The Labute approximate surface area is 205 Å². The fraction of sp³-hybridized carbons (Fsp3) is 0.167. The summed E-state index contributed by atoms with van der Waals surface area (Å²) in [5, 5.41) is 21.3. The maximum Gasteiger partial charge on any atom is 0.264 e. The van der Waals surface area contributed by atoms with Crippen molar-refractivity contribution >= 4 is 76.6 Å². The number of carbonyl (C=O) groups excluding carboxylic acids is 2. The van der Waals surface area contributed by atoms with Crippen molar-refractivity contribution in [3.8, 4) is 0 Å². The molecule has 0 radical (unpaired) electrons. The van der Waals surface area contributed by atoms with Crippen LogP contribution in [0, 0.1) is 0 Å². The maximum absolute atomic E-state index is 13.4. The number of rotatable bonds is 5. The first-order chi connectivity index (χ1) is 15.9.